The minimum Gasteiger partial charge on any atom is -0.456 e. The predicted octanol–water partition coefficient (Wildman–Crippen LogP) is 2.78. The molecule has 2 heterocycles. The smallest absolute Gasteiger partial charge is 0.290 e. The van der Waals surface area contributed by atoms with Crippen LogP contribution in [-0.4, -0.2) is 34.2 Å². The molecule has 1 aliphatic rings. The van der Waals surface area contributed by atoms with Gasteiger partial charge in [0.15, 0.2) is 0 Å². The van der Waals surface area contributed by atoms with Crippen LogP contribution in [0.15, 0.2) is 48.7 Å². The third kappa shape index (κ3) is 3.08. The summed E-state index contributed by atoms with van der Waals surface area (Å²) in [4.78, 5) is 30.0. The number of nitrogens with zero attached hydrogens (tertiary/aromatic N) is 2. The van der Waals surface area contributed by atoms with Crippen molar-refractivity contribution in [1.82, 2.24) is 9.88 Å². The largest absolute Gasteiger partial charge is 0.456 e. The van der Waals surface area contributed by atoms with E-state index in [0.717, 1.165) is 5.75 Å². The molecule has 1 saturated heterocycles. The number of pyridine rings is 1. The number of aromatic nitrogens is 1. The van der Waals surface area contributed by atoms with Crippen LogP contribution in [0.1, 0.15) is 25.5 Å². The summed E-state index contributed by atoms with van der Waals surface area (Å²) in [6.45, 7) is 4.19. The fourth-order valence-corrected chi connectivity index (χ4v) is 2.61. The van der Waals surface area contributed by atoms with Gasteiger partial charge in [0.05, 0.1) is 17.8 Å². The van der Waals surface area contributed by atoms with Gasteiger partial charge in [-0.15, -0.1) is 0 Å². The van der Waals surface area contributed by atoms with Crippen molar-refractivity contribution in [3.8, 4) is 11.5 Å². The Labute approximate surface area is 134 Å². The lowest BCUT2D eigenvalue weighted by Gasteiger charge is -2.19. The number of rotatable bonds is 4. The summed E-state index contributed by atoms with van der Waals surface area (Å²) in [5.41, 5.74) is 0.604. The Morgan fingerprint density at radius 2 is 1.83 bits per heavy atom. The molecule has 0 aliphatic carbocycles. The number of likely N-dealkylation sites (tertiary alicyclic amines) is 1. The summed E-state index contributed by atoms with van der Waals surface area (Å²) in [6, 6.07) is 12.9. The lowest BCUT2D eigenvalue weighted by atomic mass is 10.0. The van der Waals surface area contributed by atoms with Crippen molar-refractivity contribution in [3.63, 3.8) is 0 Å². The van der Waals surface area contributed by atoms with E-state index in [2.05, 4.69) is 4.98 Å². The quantitative estimate of drug-likeness (QED) is 0.815. The first-order valence-corrected chi connectivity index (χ1v) is 7.60. The monoisotopic (exact) mass is 310 g/mol. The van der Waals surface area contributed by atoms with Crippen molar-refractivity contribution in [2.24, 2.45) is 0 Å². The first-order chi connectivity index (χ1) is 11.1. The van der Waals surface area contributed by atoms with Gasteiger partial charge in [-0.1, -0.05) is 18.2 Å². The topological polar surface area (TPSA) is 59.5 Å². The zero-order chi connectivity index (χ0) is 16.4. The molecule has 0 N–H and O–H groups in total. The van der Waals surface area contributed by atoms with Gasteiger partial charge in [0, 0.05) is 12.6 Å². The van der Waals surface area contributed by atoms with Gasteiger partial charge in [0.25, 0.3) is 5.91 Å². The number of hydrogen-bond donors (Lipinski definition) is 0. The van der Waals surface area contributed by atoms with Crippen LogP contribution in [0.5, 0.6) is 11.5 Å². The van der Waals surface area contributed by atoms with E-state index in [1.807, 2.05) is 44.2 Å². The molecule has 5 heteroatoms. The number of carbonyl (C=O) groups is 2. The maximum atomic E-state index is 12.1. The average molecular weight is 310 g/mol. The fourth-order valence-electron chi connectivity index (χ4n) is 2.61. The van der Waals surface area contributed by atoms with E-state index < -0.39 is 11.8 Å². The highest BCUT2D eigenvalue weighted by Crippen LogP contribution is 2.27. The number of amides is 1. The minimum atomic E-state index is -0.490. The average Bonchev–Trinajstić information content (AvgIpc) is 2.85. The Balaban J connectivity index is 1.75. The second-order valence-corrected chi connectivity index (χ2v) is 5.80. The van der Waals surface area contributed by atoms with Crippen LogP contribution in [0.4, 0.5) is 0 Å². The maximum Gasteiger partial charge on any atom is 0.290 e. The van der Waals surface area contributed by atoms with Gasteiger partial charge in [0.1, 0.15) is 11.5 Å². The maximum absolute atomic E-state index is 12.1. The molecular formula is C18H18N2O3. The van der Waals surface area contributed by atoms with Crippen LogP contribution >= 0.6 is 0 Å². The molecule has 2 aromatic rings. The zero-order valence-corrected chi connectivity index (χ0v) is 13.1. The van der Waals surface area contributed by atoms with Crippen molar-refractivity contribution >= 4 is 11.7 Å². The molecule has 0 spiro atoms. The van der Waals surface area contributed by atoms with E-state index in [0.29, 0.717) is 18.0 Å². The summed E-state index contributed by atoms with van der Waals surface area (Å²) in [7, 11) is 0. The molecule has 1 aromatic heterocycles. The van der Waals surface area contributed by atoms with Gasteiger partial charge in [0.2, 0.25) is 5.78 Å². The predicted molar refractivity (Wildman–Crippen MR) is 85.4 cm³/mol. The van der Waals surface area contributed by atoms with Gasteiger partial charge >= 0.3 is 0 Å². The molecule has 1 fully saturated rings. The number of ketones is 1. The molecule has 23 heavy (non-hydrogen) atoms. The van der Waals surface area contributed by atoms with Crippen LogP contribution in [0, 0.1) is 0 Å². The van der Waals surface area contributed by atoms with E-state index in [1.54, 1.807) is 23.2 Å². The summed E-state index contributed by atoms with van der Waals surface area (Å²) >= 11 is 0. The molecule has 3 rings (SSSR count). The van der Waals surface area contributed by atoms with E-state index in [4.69, 9.17) is 4.74 Å². The normalized spacial score (nSPS) is 17.9. The first kappa shape index (κ1) is 15.2. The molecule has 5 nitrogen and oxygen atoms in total. The van der Waals surface area contributed by atoms with Gasteiger partial charge < -0.3 is 9.64 Å². The lowest BCUT2D eigenvalue weighted by Crippen LogP contribution is -2.33. The molecule has 0 radical (unpaired) electrons. The van der Waals surface area contributed by atoms with E-state index >= 15 is 0 Å². The minimum absolute atomic E-state index is 0.0112. The van der Waals surface area contributed by atoms with Crippen molar-refractivity contribution in [2.75, 3.05) is 6.54 Å². The highest BCUT2D eigenvalue weighted by atomic mass is 16.5. The molecule has 1 unspecified atom stereocenters. The summed E-state index contributed by atoms with van der Waals surface area (Å²) in [5, 5.41) is 0. The van der Waals surface area contributed by atoms with E-state index in [1.165, 1.54) is 0 Å². The summed E-state index contributed by atoms with van der Waals surface area (Å²) < 4.78 is 5.68. The van der Waals surface area contributed by atoms with Gasteiger partial charge in [-0.2, -0.15) is 0 Å². The first-order valence-electron chi connectivity index (χ1n) is 7.60. The zero-order valence-electron chi connectivity index (χ0n) is 13.1. The van der Waals surface area contributed by atoms with Crippen molar-refractivity contribution in [1.29, 1.82) is 0 Å². The highest BCUT2D eigenvalue weighted by molar-refractivity contribution is 6.40. The molecule has 118 valence electrons. The van der Waals surface area contributed by atoms with Crippen molar-refractivity contribution < 1.29 is 14.3 Å². The Morgan fingerprint density at radius 3 is 2.39 bits per heavy atom. The van der Waals surface area contributed by atoms with Crippen molar-refractivity contribution in [2.45, 2.75) is 25.8 Å². The molecule has 0 saturated carbocycles. The number of hydrogen-bond acceptors (Lipinski definition) is 4. The molecule has 1 amide bonds. The molecule has 1 atom stereocenters. The molecule has 1 aromatic carbocycles. The number of Topliss-reactive ketones (excluding diaryl/α,β-unsaturated/α-hetero) is 1. The van der Waals surface area contributed by atoms with Crippen LogP contribution < -0.4 is 4.74 Å². The number of carbonyl (C=O) groups excluding carboxylic acids is 2. The third-order valence-electron chi connectivity index (χ3n) is 3.89. The standard InChI is InChI=1S/C18H18N2O3/c1-12(2)20-11-15(17(21)18(20)22)16-9-8-14(10-19-16)23-13-6-4-3-5-7-13/h3-10,12,15H,11H2,1-2H3. The Morgan fingerprint density at radius 1 is 1.09 bits per heavy atom. The lowest BCUT2D eigenvalue weighted by molar-refractivity contribution is -0.141. The van der Waals surface area contributed by atoms with Gasteiger partial charge in [-0.05, 0) is 38.1 Å². The molecule has 0 bridgehead atoms. The Kier molecular flexibility index (Phi) is 4.10. The SMILES string of the molecule is CC(C)N1CC(c2ccc(Oc3ccccc3)cn2)C(=O)C1=O. The molecule has 1 aliphatic heterocycles. The molecular weight excluding hydrogens is 292 g/mol. The van der Waals surface area contributed by atoms with E-state index in [-0.39, 0.29) is 11.8 Å². The highest BCUT2D eigenvalue weighted by Gasteiger charge is 2.41. The fraction of sp³-hybridized carbons (Fsp3) is 0.278. The second kappa shape index (κ2) is 6.20. The second-order valence-electron chi connectivity index (χ2n) is 5.80. The Hall–Kier alpha value is -2.69. The van der Waals surface area contributed by atoms with Crippen LogP contribution in [-0.2, 0) is 9.59 Å². The summed E-state index contributed by atoms with van der Waals surface area (Å²) in [6.07, 6.45) is 1.58. The van der Waals surface area contributed by atoms with Crippen molar-refractivity contribution in [3.05, 3.63) is 54.4 Å². The number of benzene rings is 1. The number of para-hydroxylation sites is 1. The van der Waals surface area contributed by atoms with E-state index in [9.17, 15) is 9.59 Å². The van der Waals surface area contributed by atoms with Gasteiger partial charge in [-0.3, -0.25) is 14.6 Å². The van der Waals surface area contributed by atoms with Crippen LogP contribution in [0.2, 0.25) is 0 Å². The summed E-state index contributed by atoms with van der Waals surface area (Å²) in [5.74, 6) is 0.0209. The Bertz CT molecular complexity index is 711. The van der Waals surface area contributed by atoms with Crippen LogP contribution in [0.25, 0.3) is 0 Å². The van der Waals surface area contributed by atoms with Crippen LogP contribution in [0.3, 0.4) is 0 Å². The third-order valence-corrected chi connectivity index (χ3v) is 3.89. The number of ether oxygens (including phenoxy) is 1. The van der Waals surface area contributed by atoms with Gasteiger partial charge in [-0.25, -0.2) is 0 Å².